The van der Waals surface area contributed by atoms with Crippen molar-refractivity contribution in [1.29, 1.82) is 0 Å². The molecule has 1 saturated heterocycles. The first-order chi connectivity index (χ1) is 20.5. The second-order valence-electron chi connectivity index (χ2n) is 11.7. The summed E-state index contributed by atoms with van der Waals surface area (Å²) in [5.74, 6) is -0.465. The molecule has 2 atom stereocenters. The minimum atomic E-state index is -4.47. The lowest BCUT2D eigenvalue weighted by molar-refractivity contribution is -0.931. The number of rotatable bonds is 13. The third-order valence-electron chi connectivity index (χ3n) is 8.61. The van der Waals surface area contributed by atoms with Crippen LogP contribution in [0.25, 0.3) is 10.9 Å². The molecule has 2 aromatic carbocycles. The van der Waals surface area contributed by atoms with E-state index in [9.17, 15) is 22.8 Å². The van der Waals surface area contributed by atoms with E-state index in [1.165, 1.54) is 12.1 Å². The van der Waals surface area contributed by atoms with Crippen LogP contribution in [0, 0.1) is 5.92 Å². The Kier molecular flexibility index (Phi) is 10.9. The Labute approximate surface area is 250 Å². The summed E-state index contributed by atoms with van der Waals surface area (Å²) in [7, 11) is 0. The highest BCUT2D eigenvalue weighted by Crippen LogP contribution is 2.29. The molecule has 11 heteroatoms. The summed E-state index contributed by atoms with van der Waals surface area (Å²) in [6, 6.07) is 12.3. The van der Waals surface area contributed by atoms with Crippen molar-refractivity contribution in [1.82, 2.24) is 10.3 Å². The zero-order chi connectivity index (χ0) is 31.0. The van der Waals surface area contributed by atoms with E-state index < -0.39 is 29.7 Å². The van der Waals surface area contributed by atoms with Gasteiger partial charge in [0.15, 0.2) is 5.78 Å². The summed E-state index contributed by atoms with van der Waals surface area (Å²) in [5.41, 5.74) is 19.2. The maximum atomic E-state index is 13.5. The molecule has 0 spiro atoms. The number of aromatic nitrogens is 1. The minimum absolute atomic E-state index is 0.00354. The number of nitrogens with one attached hydrogen (secondary N) is 1. The molecule has 1 amide bonds. The predicted molar refractivity (Wildman–Crippen MR) is 161 cm³/mol. The second-order valence-corrected chi connectivity index (χ2v) is 11.7. The number of hydrogen-bond donors (Lipinski definition) is 4. The minimum Gasteiger partial charge on any atom is -0.345 e. The number of para-hydroxylation sites is 1. The number of Topliss-reactive ketones (excluding diaryl/α,β-unsaturated/α-hetero) is 1. The molecule has 0 radical (unpaired) electrons. The highest BCUT2D eigenvalue weighted by atomic mass is 19.4. The van der Waals surface area contributed by atoms with Crippen molar-refractivity contribution >= 4 is 22.6 Å². The molecule has 1 aromatic heterocycles. The fourth-order valence-electron chi connectivity index (χ4n) is 6.10. The zero-order valence-electron chi connectivity index (χ0n) is 24.4. The van der Waals surface area contributed by atoms with Gasteiger partial charge in [0.25, 0.3) is 0 Å². The zero-order valence-corrected chi connectivity index (χ0v) is 24.4. The number of nitrogens with zero attached hydrogens (tertiary/aromatic N) is 2. The van der Waals surface area contributed by atoms with Gasteiger partial charge in [-0.15, -0.1) is 0 Å². The van der Waals surface area contributed by atoms with Crippen molar-refractivity contribution in [2.75, 3.05) is 39.3 Å². The van der Waals surface area contributed by atoms with Crippen LogP contribution in [0.5, 0.6) is 0 Å². The molecule has 1 fully saturated rings. The Morgan fingerprint density at radius 3 is 2.26 bits per heavy atom. The maximum Gasteiger partial charge on any atom is 0.416 e. The molecule has 2 heterocycles. The number of fused-ring (bicyclic) bond motifs is 1. The molecule has 4 rings (SSSR count). The topological polar surface area (TPSA) is 137 Å². The molecule has 0 bridgehead atoms. The number of pyridine rings is 1. The van der Waals surface area contributed by atoms with Gasteiger partial charge in [-0.25, -0.2) is 0 Å². The van der Waals surface area contributed by atoms with Crippen LogP contribution in [0.1, 0.15) is 36.0 Å². The van der Waals surface area contributed by atoms with E-state index in [1.807, 2.05) is 30.3 Å². The maximum absolute atomic E-state index is 13.5. The Balaban J connectivity index is 1.44. The van der Waals surface area contributed by atoms with Gasteiger partial charge >= 0.3 is 6.18 Å². The van der Waals surface area contributed by atoms with Gasteiger partial charge in [0.05, 0.1) is 49.3 Å². The molecule has 8 nitrogen and oxygen atoms in total. The van der Waals surface area contributed by atoms with Gasteiger partial charge in [0.2, 0.25) is 5.91 Å². The Morgan fingerprint density at radius 2 is 1.63 bits per heavy atom. The fraction of sp³-hybridized carbons (Fsp3) is 0.469. The third kappa shape index (κ3) is 8.82. The molecule has 43 heavy (non-hydrogen) atoms. The van der Waals surface area contributed by atoms with E-state index in [4.69, 9.17) is 17.2 Å². The van der Waals surface area contributed by atoms with Crippen LogP contribution >= 0.6 is 0 Å². The van der Waals surface area contributed by atoms with Crippen molar-refractivity contribution in [2.24, 2.45) is 23.1 Å². The quantitative estimate of drug-likeness (QED) is 0.223. The fourth-order valence-corrected chi connectivity index (χ4v) is 6.10. The van der Waals surface area contributed by atoms with Crippen LogP contribution < -0.4 is 22.5 Å². The molecule has 7 N–H and O–H groups in total. The van der Waals surface area contributed by atoms with Gasteiger partial charge in [-0.05, 0) is 67.0 Å². The number of hydrogen-bond acceptors (Lipinski definition) is 6. The summed E-state index contributed by atoms with van der Waals surface area (Å²) in [6.45, 7) is 4.80. The molecule has 0 unspecified atom stereocenters. The second kappa shape index (κ2) is 14.4. The lowest BCUT2D eigenvalue weighted by Gasteiger charge is -2.44. The molecule has 232 valence electrons. The van der Waals surface area contributed by atoms with Crippen molar-refractivity contribution in [3.8, 4) is 0 Å². The van der Waals surface area contributed by atoms with Crippen LogP contribution in [0.15, 0.2) is 60.8 Å². The molecule has 1 aliphatic rings. The summed E-state index contributed by atoms with van der Waals surface area (Å²) in [5, 5.41) is 3.70. The molecular formula is C32H42F3N6O2+. The monoisotopic (exact) mass is 599 g/mol. The molecule has 1 aliphatic heterocycles. The summed E-state index contributed by atoms with van der Waals surface area (Å²) < 4.78 is 40.2. The predicted octanol–water partition coefficient (Wildman–Crippen LogP) is 2.95. The van der Waals surface area contributed by atoms with Crippen molar-refractivity contribution in [3.05, 3.63) is 77.5 Å². The smallest absolute Gasteiger partial charge is 0.345 e. The van der Waals surface area contributed by atoms with Gasteiger partial charge < -0.3 is 27.0 Å². The van der Waals surface area contributed by atoms with E-state index >= 15 is 0 Å². The third-order valence-corrected chi connectivity index (χ3v) is 8.61. The standard InChI is InChI=1S/C32H41F3N6O2/c33-32(34,35)26-7-5-22(6-8-26)19-29(30(42)20-24-17-25-3-1-2-4-28(25)39-21-24)40-31(43)27(38)18-23-9-13-41(14-10-23,15-11-36)16-12-37/h1-8,17,21,23,27,29H,9-16,18-20,36-38H2/p+1/t27-,29-/m0/s1. The van der Waals surface area contributed by atoms with Gasteiger partial charge in [0.1, 0.15) is 0 Å². The number of likely N-dealkylation sites (tertiary alicyclic amines) is 1. The summed E-state index contributed by atoms with van der Waals surface area (Å²) >= 11 is 0. The van der Waals surface area contributed by atoms with E-state index in [-0.39, 0.29) is 24.5 Å². The number of carbonyl (C=O) groups is 2. The van der Waals surface area contributed by atoms with Crippen LogP contribution in [-0.4, -0.2) is 72.5 Å². The molecule has 0 aliphatic carbocycles. The Morgan fingerprint density at radius 1 is 0.977 bits per heavy atom. The molecule has 3 aromatic rings. The first-order valence-electron chi connectivity index (χ1n) is 14.9. The SMILES string of the molecule is NCC[N+]1(CCN)CCC(C[C@H](N)C(=O)N[C@@H](Cc2ccc(C(F)(F)F)cc2)C(=O)Cc2cnc3ccccc3c2)CC1. The van der Waals surface area contributed by atoms with Crippen molar-refractivity contribution in [2.45, 2.75) is 50.4 Å². The van der Waals surface area contributed by atoms with E-state index in [1.54, 1.807) is 6.20 Å². The van der Waals surface area contributed by atoms with Crippen LogP contribution in [0.4, 0.5) is 13.2 Å². The van der Waals surface area contributed by atoms with Gasteiger partial charge in [-0.2, -0.15) is 13.2 Å². The van der Waals surface area contributed by atoms with Crippen LogP contribution in [0.2, 0.25) is 0 Å². The van der Waals surface area contributed by atoms with Crippen molar-refractivity contribution in [3.63, 3.8) is 0 Å². The number of halogens is 3. The Bertz CT molecular complexity index is 1370. The van der Waals surface area contributed by atoms with E-state index in [0.29, 0.717) is 30.6 Å². The van der Waals surface area contributed by atoms with E-state index in [2.05, 4.69) is 10.3 Å². The number of nitrogens with two attached hydrogens (primary N) is 3. The first-order valence-corrected chi connectivity index (χ1v) is 14.9. The van der Waals surface area contributed by atoms with Gasteiger partial charge in [0, 0.05) is 31.1 Å². The van der Waals surface area contributed by atoms with Crippen LogP contribution in [-0.2, 0) is 28.6 Å². The van der Waals surface area contributed by atoms with Crippen molar-refractivity contribution < 1.29 is 27.2 Å². The molecular weight excluding hydrogens is 557 g/mol. The number of amides is 1. The number of alkyl halides is 3. The lowest BCUT2D eigenvalue weighted by atomic mass is 9.88. The van der Waals surface area contributed by atoms with E-state index in [0.717, 1.165) is 66.5 Å². The number of carbonyl (C=O) groups excluding carboxylic acids is 2. The molecule has 0 saturated carbocycles. The van der Waals surface area contributed by atoms with Gasteiger partial charge in [-0.1, -0.05) is 30.3 Å². The van der Waals surface area contributed by atoms with Crippen LogP contribution in [0.3, 0.4) is 0 Å². The number of benzene rings is 2. The largest absolute Gasteiger partial charge is 0.416 e. The number of quaternary nitrogens is 1. The lowest BCUT2D eigenvalue weighted by Crippen LogP contribution is -2.58. The summed E-state index contributed by atoms with van der Waals surface area (Å²) in [6.07, 6.45) is -0.508. The Hall–Kier alpha value is -3.38. The highest BCUT2D eigenvalue weighted by molar-refractivity contribution is 5.92. The first kappa shape index (κ1) is 32.5. The normalized spacial score (nSPS) is 17.0. The number of ketones is 1. The average Bonchev–Trinajstić information content (AvgIpc) is 2.98. The highest BCUT2D eigenvalue weighted by Gasteiger charge is 2.35. The average molecular weight is 600 g/mol. The summed E-state index contributed by atoms with van der Waals surface area (Å²) in [4.78, 5) is 31.2. The van der Waals surface area contributed by atoms with Gasteiger partial charge in [-0.3, -0.25) is 14.6 Å². The number of piperidine rings is 1.